The number of anilines is 2. The highest BCUT2D eigenvalue weighted by Crippen LogP contribution is 2.16. The number of hydrogen-bond donors (Lipinski definition) is 2. The van der Waals surface area contributed by atoms with E-state index in [1.54, 1.807) is 41.0 Å². The van der Waals surface area contributed by atoms with Gasteiger partial charge in [-0.05, 0) is 40.2 Å². The number of halogens is 1. The van der Waals surface area contributed by atoms with Crippen LogP contribution in [-0.4, -0.2) is 25.5 Å². The van der Waals surface area contributed by atoms with Gasteiger partial charge in [-0.1, -0.05) is 0 Å². The van der Waals surface area contributed by atoms with Crippen molar-refractivity contribution in [2.45, 2.75) is 0 Å². The summed E-state index contributed by atoms with van der Waals surface area (Å²) in [6, 6.07) is 8.49. The maximum atomic E-state index is 11.0. The summed E-state index contributed by atoms with van der Waals surface area (Å²) in [5.74, 6) is -0.0251. The van der Waals surface area contributed by atoms with Gasteiger partial charge in [-0.2, -0.15) is 9.50 Å². The molecule has 0 fully saturated rings. The van der Waals surface area contributed by atoms with Crippen LogP contribution in [0.1, 0.15) is 10.4 Å². The van der Waals surface area contributed by atoms with Crippen LogP contribution in [0, 0.1) is 0 Å². The molecule has 1 amide bonds. The molecule has 8 heteroatoms. The molecule has 0 bridgehead atoms. The molecule has 0 saturated carbocycles. The number of carbonyl (C=O) groups excluding carboxylic acids is 1. The van der Waals surface area contributed by atoms with Crippen molar-refractivity contribution >= 4 is 39.1 Å². The maximum absolute atomic E-state index is 11.0. The molecular formula is C12H9BrN6O. The van der Waals surface area contributed by atoms with Gasteiger partial charge in [-0.3, -0.25) is 4.79 Å². The van der Waals surface area contributed by atoms with Crippen molar-refractivity contribution in [2.24, 2.45) is 5.73 Å². The van der Waals surface area contributed by atoms with Crippen LogP contribution in [0.2, 0.25) is 0 Å². The van der Waals surface area contributed by atoms with Gasteiger partial charge in [0.05, 0.1) is 0 Å². The summed E-state index contributed by atoms with van der Waals surface area (Å²) in [4.78, 5) is 19.3. The smallest absolute Gasteiger partial charge is 0.248 e. The molecule has 0 spiro atoms. The van der Waals surface area contributed by atoms with Crippen molar-refractivity contribution in [1.82, 2.24) is 19.6 Å². The Balaban J connectivity index is 1.89. The van der Waals surface area contributed by atoms with Crippen molar-refractivity contribution in [1.29, 1.82) is 0 Å². The number of amides is 1. The van der Waals surface area contributed by atoms with E-state index in [1.165, 1.54) is 0 Å². The SMILES string of the molecule is NC(=O)c1ccc(Nc2nc3ccnc(Br)n3n2)cc1. The number of nitrogens with zero attached hydrogens (tertiary/aromatic N) is 4. The normalized spacial score (nSPS) is 10.7. The summed E-state index contributed by atoms with van der Waals surface area (Å²) in [5.41, 5.74) is 7.06. The van der Waals surface area contributed by atoms with Crippen LogP contribution in [0.4, 0.5) is 11.6 Å². The van der Waals surface area contributed by atoms with Crippen molar-refractivity contribution in [3.05, 3.63) is 46.8 Å². The maximum Gasteiger partial charge on any atom is 0.248 e. The average molecular weight is 333 g/mol. The topological polar surface area (TPSA) is 98.2 Å². The van der Waals surface area contributed by atoms with E-state index in [4.69, 9.17) is 5.73 Å². The molecule has 0 radical (unpaired) electrons. The highest BCUT2D eigenvalue weighted by Gasteiger charge is 2.07. The van der Waals surface area contributed by atoms with E-state index in [9.17, 15) is 4.79 Å². The molecule has 1 aromatic carbocycles. The number of aromatic nitrogens is 4. The Bertz CT molecular complexity index is 782. The quantitative estimate of drug-likeness (QED) is 0.711. The lowest BCUT2D eigenvalue weighted by molar-refractivity contribution is 0.100. The number of nitrogens with two attached hydrogens (primary N) is 1. The van der Waals surface area contributed by atoms with Crippen LogP contribution >= 0.6 is 15.9 Å². The molecule has 7 nitrogen and oxygen atoms in total. The molecule has 3 rings (SSSR count). The van der Waals surface area contributed by atoms with E-state index in [1.807, 2.05) is 0 Å². The lowest BCUT2D eigenvalue weighted by atomic mass is 10.2. The second-order valence-corrected chi connectivity index (χ2v) is 4.70. The van der Waals surface area contributed by atoms with Crippen LogP contribution in [0.5, 0.6) is 0 Å². The van der Waals surface area contributed by atoms with Gasteiger partial charge >= 0.3 is 0 Å². The van der Waals surface area contributed by atoms with Gasteiger partial charge < -0.3 is 11.1 Å². The minimum atomic E-state index is -0.461. The third kappa shape index (κ3) is 2.32. The second kappa shape index (κ2) is 4.89. The Hall–Kier alpha value is -2.48. The molecule has 3 aromatic rings. The molecule has 0 saturated heterocycles. The first-order chi connectivity index (χ1) is 9.63. The van der Waals surface area contributed by atoms with Crippen LogP contribution in [0.3, 0.4) is 0 Å². The monoisotopic (exact) mass is 332 g/mol. The summed E-state index contributed by atoms with van der Waals surface area (Å²) in [6.07, 6.45) is 1.64. The van der Waals surface area contributed by atoms with Gasteiger partial charge in [-0.15, -0.1) is 5.10 Å². The van der Waals surface area contributed by atoms with Crippen molar-refractivity contribution < 1.29 is 4.79 Å². The second-order valence-electron chi connectivity index (χ2n) is 3.99. The molecule has 3 N–H and O–H groups in total. The lowest BCUT2D eigenvalue weighted by Gasteiger charge is -2.01. The molecule has 0 atom stereocenters. The van der Waals surface area contributed by atoms with Crippen LogP contribution in [0.15, 0.2) is 41.3 Å². The van der Waals surface area contributed by atoms with E-state index in [-0.39, 0.29) is 0 Å². The number of benzene rings is 1. The van der Waals surface area contributed by atoms with Crippen LogP contribution in [-0.2, 0) is 0 Å². The first kappa shape index (κ1) is 12.5. The summed E-state index contributed by atoms with van der Waals surface area (Å²) < 4.78 is 2.14. The van der Waals surface area contributed by atoms with Crippen molar-refractivity contribution in [3.63, 3.8) is 0 Å². The Morgan fingerprint density at radius 2 is 2.00 bits per heavy atom. The van der Waals surface area contributed by atoms with E-state index >= 15 is 0 Å². The van der Waals surface area contributed by atoms with E-state index < -0.39 is 5.91 Å². The fourth-order valence-corrected chi connectivity index (χ4v) is 2.07. The zero-order valence-electron chi connectivity index (χ0n) is 10.1. The zero-order valence-corrected chi connectivity index (χ0v) is 11.7. The average Bonchev–Trinajstić information content (AvgIpc) is 2.83. The number of carbonyl (C=O) groups is 1. The Labute approximate surface area is 122 Å². The fraction of sp³-hybridized carbons (Fsp3) is 0. The molecule has 2 heterocycles. The molecule has 0 aliphatic heterocycles. The van der Waals surface area contributed by atoms with Crippen molar-refractivity contribution in [2.75, 3.05) is 5.32 Å². The highest BCUT2D eigenvalue weighted by atomic mass is 79.9. The summed E-state index contributed by atoms with van der Waals surface area (Å²) in [6.45, 7) is 0. The summed E-state index contributed by atoms with van der Waals surface area (Å²) >= 11 is 3.29. The first-order valence-corrected chi connectivity index (χ1v) is 6.47. The molecule has 0 aliphatic carbocycles. The fourth-order valence-electron chi connectivity index (χ4n) is 1.69. The minimum absolute atomic E-state index is 0.436. The van der Waals surface area contributed by atoms with Crippen LogP contribution < -0.4 is 11.1 Å². The summed E-state index contributed by atoms with van der Waals surface area (Å²) in [7, 11) is 0. The minimum Gasteiger partial charge on any atom is -0.366 e. The predicted molar refractivity (Wildman–Crippen MR) is 76.7 cm³/mol. The predicted octanol–water partition coefficient (Wildman–Crippen LogP) is 1.73. The lowest BCUT2D eigenvalue weighted by Crippen LogP contribution is -2.10. The Kier molecular flexibility index (Phi) is 3.07. The third-order valence-electron chi connectivity index (χ3n) is 2.64. The van der Waals surface area contributed by atoms with Gasteiger partial charge in [0.1, 0.15) is 0 Å². The van der Waals surface area contributed by atoms with Crippen LogP contribution in [0.25, 0.3) is 5.65 Å². The van der Waals surface area contributed by atoms with Gasteiger partial charge in [0.25, 0.3) is 0 Å². The number of nitrogens with one attached hydrogen (secondary N) is 1. The van der Waals surface area contributed by atoms with Gasteiger partial charge in [0, 0.05) is 23.5 Å². The van der Waals surface area contributed by atoms with Gasteiger partial charge in [-0.25, -0.2) is 4.98 Å². The number of primary amides is 1. The Morgan fingerprint density at radius 1 is 1.25 bits per heavy atom. The first-order valence-electron chi connectivity index (χ1n) is 5.67. The number of fused-ring (bicyclic) bond motifs is 1. The molecular weight excluding hydrogens is 324 g/mol. The molecule has 100 valence electrons. The summed E-state index contributed by atoms with van der Waals surface area (Å²) in [5, 5.41) is 7.30. The van der Waals surface area contributed by atoms with E-state index in [0.29, 0.717) is 21.9 Å². The van der Waals surface area contributed by atoms with Gasteiger partial charge in [0.2, 0.25) is 11.9 Å². The molecule has 20 heavy (non-hydrogen) atoms. The number of rotatable bonds is 3. The molecule has 0 aliphatic rings. The van der Waals surface area contributed by atoms with E-state index in [2.05, 4.69) is 36.3 Å². The standard InChI is InChI=1S/C12H9BrN6O/c13-11-15-6-5-9-17-12(18-19(9)11)16-8-3-1-7(2-4-8)10(14)20/h1-6H,(H2,14,20)(H,16,18). The number of hydrogen-bond acceptors (Lipinski definition) is 5. The Morgan fingerprint density at radius 3 is 2.65 bits per heavy atom. The van der Waals surface area contributed by atoms with Gasteiger partial charge in [0.15, 0.2) is 10.4 Å². The largest absolute Gasteiger partial charge is 0.366 e. The zero-order chi connectivity index (χ0) is 14.1. The van der Waals surface area contributed by atoms with E-state index in [0.717, 1.165) is 5.69 Å². The third-order valence-corrected chi connectivity index (χ3v) is 3.18. The highest BCUT2D eigenvalue weighted by molar-refractivity contribution is 9.10. The molecule has 2 aromatic heterocycles. The molecule has 0 unspecified atom stereocenters. The van der Waals surface area contributed by atoms with Crippen molar-refractivity contribution in [3.8, 4) is 0 Å².